The maximum atomic E-state index is 10.9. The quantitative estimate of drug-likeness (QED) is 0.595. The van der Waals surface area contributed by atoms with Gasteiger partial charge in [0.2, 0.25) is 0 Å². The lowest BCUT2D eigenvalue weighted by Crippen LogP contribution is -2.40. The topological polar surface area (TPSA) is 76.2 Å². The molecule has 21 heavy (non-hydrogen) atoms. The van der Waals surface area contributed by atoms with Crippen LogP contribution in [0.5, 0.6) is 0 Å². The van der Waals surface area contributed by atoms with Gasteiger partial charge in [-0.05, 0) is 24.8 Å². The molecule has 1 aromatic carbocycles. The third-order valence-electron chi connectivity index (χ3n) is 3.97. The van der Waals surface area contributed by atoms with Crippen molar-refractivity contribution in [2.45, 2.75) is 52.7 Å². The highest BCUT2D eigenvalue weighted by molar-refractivity contribution is 5.35. The average molecular weight is 290 g/mol. The zero-order chi connectivity index (χ0) is 16.3. The minimum Gasteiger partial charge on any atom is -0.366 e. The second kappa shape index (κ2) is 6.23. The Kier molecular flexibility index (Phi) is 5.08. The van der Waals surface area contributed by atoms with Crippen LogP contribution in [-0.2, 0) is 4.74 Å². The molecular formula is C16H22N2O3. The molecule has 0 saturated carbocycles. The van der Waals surface area contributed by atoms with E-state index in [1.54, 1.807) is 12.1 Å². The zero-order valence-electron chi connectivity index (χ0n) is 13.2. The summed E-state index contributed by atoms with van der Waals surface area (Å²) < 4.78 is 6.12. The summed E-state index contributed by atoms with van der Waals surface area (Å²) >= 11 is 0. The maximum Gasteiger partial charge on any atom is 0.269 e. The Morgan fingerprint density at radius 2 is 1.95 bits per heavy atom. The van der Waals surface area contributed by atoms with Gasteiger partial charge in [-0.1, -0.05) is 32.9 Å². The largest absolute Gasteiger partial charge is 0.366 e. The van der Waals surface area contributed by atoms with E-state index < -0.39 is 16.6 Å². The number of ether oxygens (including phenoxy) is 1. The van der Waals surface area contributed by atoms with Crippen molar-refractivity contribution in [3.63, 3.8) is 0 Å². The number of nitrogens with zero attached hydrogens (tertiary/aromatic N) is 2. The fourth-order valence-corrected chi connectivity index (χ4v) is 1.68. The van der Waals surface area contributed by atoms with Crippen molar-refractivity contribution in [3.8, 4) is 6.07 Å². The minimum absolute atomic E-state index is 0.00704. The third-order valence-corrected chi connectivity index (χ3v) is 3.97. The lowest BCUT2D eigenvalue weighted by atomic mass is 9.79. The summed E-state index contributed by atoms with van der Waals surface area (Å²) in [4.78, 5) is 10.4. The van der Waals surface area contributed by atoms with Gasteiger partial charge >= 0.3 is 0 Å². The molecule has 0 bridgehead atoms. The molecule has 0 aromatic heterocycles. The molecule has 0 radical (unpaired) electrons. The number of rotatable bonds is 5. The fraction of sp³-hybridized carbons (Fsp3) is 0.562. The first-order chi connectivity index (χ1) is 9.58. The van der Waals surface area contributed by atoms with Crippen LogP contribution in [-0.4, -0.2) is 10.5 Å². The highest BCUT2D eigenvalue weighted by atomic mass is 16.6. The van der Waals surface area contributed by atoms with E-state index in [0.717, 1.165) is 0 Å². The molecule has 0 aliphatic rings. The van der Waals surface area contributed by atoms with Crippen LogP contribution in [0.1, 0.15) is 52.7 Å². The minimum atomic E-state index is -0.482. The smallest absolute Gasteiger partial charge is 0.269 e. The molecule has 1 rings (SSSR count). The molecule has 5 nitrogen and oxygen atoms in total. The zero-order valence-corrected chi connectivity index (χ0v) is 13.2. The maximum absolute atomic E-state index is 10.9. The normalized spacial score (nSPS) is 13.5. The van der Waals surface area contributed by atoms with E-state index in [4.69, 9.17) is 10.00 Å². The van der Waals surface area contributed by atoms with Crippen molar-refractivity contribution >= 4 is 5.69 Å². The number of nitro groups is 1. The van der Waals surface area contributed by atoms with Crippen LogP contribution in [0.2, 0.25) is 0 Å². The van der Waals surface area contributed by atoms with Crippen LogP contribution in [0.15, 0.2) is 24.3 Å². The van der Waals surface area contributed by atoms with Gasteiger partial charge in [-0.3, -0.25) is 10.1 Å². The summed E-state index contributed by atoms with van der Waals surface area (Å²) in [6, 6.07) is 8.37. The van der Waals surface area contributed by atoms with Crippen LogP contribution in [0, 0.1) is 26.9 Å². The standard InChI is InChI=1S/C16H22N2O3/c1-15(2,3)16(4,5)21-14(9-10-17)12-7-6-8-13(11-12)18(19)20/h6-8,11,14H,9H2,1-5H3. The van der Waals surface area contributed by atoms with E-state index >= 15 is 0 Å². The molecule has 1 aromatic rings. The second-order valence-corrected chi connectivity index (χ2v) is 6.58. The molecule has 1 atom stereocenters. The SMILES string of the molecule is CC(C)(C)C(C)(C)OC(CC#N)c1cccc([N+](=O)[O-])c1. The summed E-state index contributed by atoms with van der Waals surface area (Å²) in [7, 11) is 0. The van der Waals surface area contributed by atoms with Gasteiger partial charge in [0.25, 0.3) is 5.69 Å². The van der Waals surface area contributed by atoms with Crippen molar-refractivity contribution in [1.82, 2.24) is 0 Å². The Balaban J connectivity index is 3.11. The molecule has 5 heteroatoms. The Labute approximate surface area is 125 Å². The van der Waals surface area contributed by atoms with Crippen molar-refractivity contribution in [2.75, 3.05) is 0 Å². The Bertz CT molecular complexity index is 553. The predicted octanol–water partition coefficient (Wildman–Crippen LogP) is 4.39. The molecule has 0 fully saturated rings. The number of nitriles is 1. The Hall–Kier alpha value is -1.93. The average Bonchev–Trinajstić information content (AvgIpc) is 2.37. The van der Waals surface area contributed by atoms with E-state index in [1.807, 2.05) is 13.8 Å². The lowest BCUT2D eigenvalue weighted by Gasteiger charge is -2.41. The van der Waals surface area contributed by atoms with Crippen LogP contribution in [0.3, 0.4) is 0 Å². The van der Waals surface area contributed by atoms with Crippen LogP contribution in [0.4, 0.5) is 5.69 Å². The monoisotopic (exact) mass is 290 g/mol. The first-order valence-electron chi connectivity index (χ1n) is 6.87. The molecule has 0 aliphatic heterocycles. The van der Waals surface area contributed by atoms with E-state index in [1.165, 1.54) is 12.1 Å². The highest BCUT2D eigenvalue weighted by Crippen LogP contribution is 2.38. The molecule has 1 unspecified atom stereocenters. The summed E-state index contributed by atoms with van der Waals surface area (Å²) in [5, 5.41) is 19.9. The van der Waals surface area contributed by atoms with Crippen LogP contribution >= 0.6 is 0 Å². The number of hydrogen-bond donors (Lipinski definition) is 0. The van der Waals surface area contributed by atoms with E-state index in [-0.39, 0.29) is 17.5 Å². The van der Waals surface area contributed by atoms with Crippen LogP contribution < -0.4 is 0 Å². The van der Waals surface area contributed by atoms with Crippen molar-refractivity contribution < 1.29 is 9.66 Å². The Morgan fingerprint density at radius 3 is 2.43 bits per heavy atom. The van der Waals surface area contributed by atoms with Gasteiger partial charge in [-0.25, -0.2) is 0 Å². The number of hydrogen-bond acceptors (Lipinski definition) is 4. The number of nitro benzene ring substituents is 1. The van der Waals surface area contributed by atoms with Gasteiger partial charge in [-0.2, -0.15) is 5.26 Å². The lowest BCUT2D eigenvalue weighted by molar-refractivity contribution is -0.385. The summed E-state index contributed by atoms with van der Waals surface area (Å²) in [5.41, 5.74) is 0.0660. The number of non-ortho nitro benzene ring substituents is 1. The fourth-order valence-electron chi connectivity index (χ4n) is 1.68. The van der Waals surface area contributed by atoms with Gasteiger partial charge in [0.1, 0.15) is 0 Å². The van der Waals surface area contributed by atoms with Gasteiger partial charge in [0.05, 0.1) is 29.1 Å². The number of benzene rings is 1. The Morgan fingerprint density at radius 1 is 1.33 bits per heavy atom. The van der Waals surface area contributed by atoms with E-state index in [0.29, 0.717) is 5.56 Å². The second-order valence-electron chi connectivity index (χ2n) is 6.58. The first kappa shape index (κ1) is 17.1. The molecule has 0 heterocycles. The van der Waals surface area contributed by atoms with Crippen molar-refractivity contribution in [3.05, 3.63) is 39.9 Å². The molecule has 0 amide bonds. The predicted molar refractivity (Wildman–Crippen MR) is 80.7 cm³/mol. The molecular weight excluding hydrogens is 268 g/mol. The third kappa shape index (κ3) is 4.27. The molecule has 0 aliphatic carbocycles. The summed E-state index contributed by atoms with van der Waals surface area (Å²) in [6.07, 6.45) is -0.329. The van der Waals surface area contributed by atoms with Gasteiger partial charge in [-0.15, -0.1) is 0 Å². The van der Waals surface area contributed by atoms with Crippen LogP contribution in [0.25, 0.3) is 0 Å². The van der Waals surface area contributed by atoms with Gasteiger partial charge < -0.3 is 4.74 Å². The molecule has 0 spiro atoms. The highest BCUT2D eigenvalue weighted by Gasteiger charge is 2.36. The summed E-state index contributed by atoms with van der Waals surface area (Å²) in [6.45, 7) is 10.1. The van der Waals surface area contributed by atoms with Crippen molar-refractivity contribution in [1.29, 1.82) is 5.26 Å². The van der Waals surface area contributed by atoms with Gasteiger partial charge in [0.15, 0.2) is 0 Å². The molecule has 0 saturated heterocycles. The molecule has 114 valence electrons. The van der Waals surface area contributed by atoms with Crippen molar-refractivity contribution in [2.24, 2.45) is 5.41 Å². The summed E-state index contributed by atoms with van der Waals surface area (Å²) in [5.74, 6) is 0. The van der Waals surface area contributed by atoms with Gasteiger partial charge in [0, 0.05) is 12.1 Å². The molecule has 0 N–H and O–H groups in total. The van der Waals surface area contributed by atoms with E-state index in [9.17, 15) is 10.1 Å². The van der Waals surface area contributed by atoms with E-state index in [2.05, 4.69) is 26.8 Å². The first-order valence-corrected chi connectivity index (χ1v) is 6.87.